The second-order valence-electron chi connectivity index (χ2n) is 4.75. The van der Waals surface area contributed by atoms with Crippen molar-refractivity contribution < 1.29 is 22.8 Å². The molecule has 1 heterocycles. The Morgan fingerprint density at radius 2 is 1.95 bits per heavy atom. The highest BCUT2D eigenvalue weighted by atomic mass is 19.4. The number of aliphatic imine (C=N–C) groups is 1. The van der Waals surface area contributed by atoms with Gasteiger partial charge in [0, 0.05) is 11.3 Å². The molecule has 22 heavy (non-hydrogen) atoms. The Bertz CT molecular complexity index is 692. The largest absolute Gasteiger partial charge is 0.422 e. The van der Waals surface area contributed by atoms with Crippen LogP contribution in [-0.2, 0) is 4.79 Å². The lowest BCUT2D eigenvalue weighted by molar-refractivity contribution is -0.197. The number of nitrogens with zero attached hydrogens (tertiary/aromatic N) is 2. The van der Waals surface area contributed by atoms with E-state index in [9.17, 15) is 22.8 Å². The van der Waals surface area contributed by atoms with Gasteiger partial charge < -0.3 is 5.32 Å². The third-order valence-corrected chi connectivity index (χ3v) is 3.39. The van der Waals surface area contributed by atoms with Crippen LogP contribution in [0.2, 0.25) is 0 Å². The van der Waals surface area contributed by atoms with Crippen molar-refractivity contribution in [3.05, 3.63) is 35.9 Å². The zero-order chi connectivity index (χ0) is 16.5. The Kier molecular flexibility index (Phi) is 3.75. The topological polar surface area (TPSA) is 82.3 Å². The van der Waals surface area contributed by atoms with E-state index < -0.39 is 29.4 Å². The summed E-state index contributed by atoms with van der Waals surface area (Å²) in [6.45, 7) is 1.15. The van der Waals surface area contributed by atoms with Gasteiger partial charge in [-0.05, 0) is 19.1 Å². The molecule has 1 aliphatic rings. The Balaban J connectivity index is 2.48. The molecule has 5 nitrogen and oxygen atoms in total. The molecule has 2 atom stereocenters. The van der Waals surface area contributed by atoms with Gasteiger partial charge in [0.1, 0.15) is 5.92 Å². The summed E-state index contributed by atoms with van der Waals surface area (Å²) in [6, 6.07) is 8.53. The van der Waals surface area contributed by atoms with Crippen LogP contribution in [-0.4, -0.2) is 29.2 Å². The van der Waals surface area contributed by atoms with Gasteiger partial charge in [-0.15, -0.1) is 0 Å². The van der Waals surface area contributed by atoms with E-state index in [2.05, 4.69) is 4.99 Å². The second kappa shape index (κ2) is 5.26. The highest BCUT2D eigenvalue weighted by Gasteiger charge is 2.69. The van der Waals surface area contributed by atoms with E-state index in [4.69, 9.17) is 5.26 Å². The molecule has 2 amide bonds. The maximum atomic E-state index is 13.5. The molecule has 0 saturated heterocycles. The first kappa shape index (κ1) is 15.7. The summed E-state index contributed by atoms with van der Waals surface area (Å²) in [5, 5.41) is 10.7. The predicted molar refractivity (Wildman–Crippen MR) is 69.9 cm³/mol. The molecule has 8 heteroatoms. The number of halogens is 3. The predicted octanol–water partition coefficient (Wildman–Crippen LogP) is 1.86. The van der Waals surface area contributed by atoms with Crippen LogP contribution in [0.25, 0.3) is 0 Å². The van der Waals surface area contributed by atoms with Crippen molar-refractivity contribution in [1.82, 2.24) is 5.32 Å². The minimum Gasteiger partial charge on any atom is -0.329 e. The fourth-order valence-electron chi connectivity index (χ4n) is 2.26. The molecule has 0 bridgehead atoms. The van der Waals surface area contributed by atoms with Crippen LogP contribution in [0.1, 0.15) is 17.3 Å². The average molecular weight is 309 g/mol. The minimum atomic E-state index is -5.16. The van der Waals surface area contributed by atoms with Crippen molar-refractivity contribution in [3.63, 3.8) is 0 Å². The zero-order valence-electron chi connectivity index (χ0n) is 11.3. The Hall–Kier alpha value is -2.69. The van der Waals surface area contributed by atoms with Crippen LogP contribution >= 0.6 is 0 Å². The van der Waals surface area contributed by atoms with Crippen molar-refractivity contribution in [3.8, 4) is 6.07 Å². The van der Waals surface area contributed by atoms with E-state index in [1.807, 2.05) is 0 Å². The van der Waals surface area contributed by atoms with Gasteiger partial charge in [0.2, 0.25) is 5.54 Å². The van der Waals surface area contributed by atoms with E-state index in [0.717, 1.165) is 6.92 Å². The molecule has 2 rings (SSSR count). The van der Waals surface area contributed by atoms with Gasteiger partial charge >= 0.3 is 6.18 Å². The van der Waals surface area contributed by atoms with Crippen molar-refractivity contribution in [2.75, 3.05) is 0 Å². The van der Waals surface area contributed by atoms with Crippen molar-refractivity contribution >= 4 is 17.5 Å². The zero-order valence-corrected chi connectivity index (χ0v) is 11.3. The standard InChI is InChI=1S/C14H10F3N3O2/c1-8-10(7-18)13(12(22)19-8,14(15,16)17)20-11(21)9-5-3-2-4-6-9/h2-6,10H,1H3,(H,20,21). The van der Waals surface area contributed by atoms with Crippen LogP contribution in [0, 0.1) is 17.2 Å². The Morgan fingerprint density at radius 3 is 2.45 bits per heavy atom. The van der Waals surface area contributed by atoms with E-state index in [1.54, 1.807) is 11.4 Å². The molecule has 1 aromatic carbocycles. The summed E-state index contributed by atoms with van der Waals surface area (Å²) in [5.41, 5.74) is -3.68. The number of benzene rings is 1. The molecule has 1 N–H and O–H groups in total. The first-order valence-corrected chi connectivity index (χ1v) is 6.17. The molecule has 114 valence electrons. The number of hydrogen-bond acceptors (Lipinski definition) is 3. The Morgan fingerprint density at radius 1 is 1.36 bits per heavy atom. The molecule has 1 aromatic rings. The van der Waals surface area contributed by atoms with Gasteiger partial charge in [0.05, 0.1) is 6.07 Å². The van der Waals surface area contributed by atoms with Gasteiger partial charge in [-0.25, -0.2) is 4.99 Å². The summed E-state index contributed by atoms with van der Waals surface area (Å²) < 4.78 is 40.5. The lowest BCUT2D eigenvalue weighted by Crippen LogP contribution is -2.66. The highest BCUT2D eigenvalue weighted by Crippen LogP contribution is 2.41. The number of carbonyl (C=O) groups is 2. The molecule has 0 aliphatic carbocycles. The normalized spacial score (nSPS) is 24.6. The summed E-state index contributed by atoms with van der Waals surface area (Å²) in [7, 11) is 0. The van der Waals surface area contributed by atoms with E-state index in [0.29, 0.717) is 0 Å². The monoisotopic (exact) mass is 309 g/mol. The van der Waals surface area contributed by atoms with Crippen LogP contribution in [0.5, 0.6) is 0 Å². The van der Waals surface area contributed by atoms with Gasteiger partial charge in [0.25, 0.3) is 11.8 Å². The van der Waals surface area contributed by atoms with Gasteiger partial charge in [0.15, 0.2) is 0 Å². The molecule has 1 aliphatic heterocycles. The van der Waals surface area contributed by atoms with Crippen LogP contribution in [0.4, 0.5) is 13.2 Å². The van der Waals surface area contributed by atoms with Crippen LogP contribution < -0.4 is 5.32 Å². The number of alkyl halides is 3. The number of nitrogens with one attached hydrogen (secondary N) is 1. The Labute approximate surface area is 123 Å². The average Bonchev–Trinajstić information content (AvgIpc) is 2.70. The smallest absolute Gasteiger partial charge is 0.329 e. The molecule has 0 fully saturated rings. The fourth-order valence-corrected chi connectivity index (χ4v) is 2.26. The first-order valence-electron chi connectivity index (χ1n) is 6.17. The number of hydrogen-bond donors (Lipinski definition) is 1. The fraction of sp³-hybridized carbons (Fsp3) is 0.286. The maximum absolute atomic E-state index is 13.5. The third-order valence-electron chi connectivity index (χ3n) is 3.39. The van der Waals surface area contributed by atoms with Crippen molar-refractivity contribution in [2.24, 2.45) is 10.9 Å². The molecule has 0 aromatic heterocycles. The summed E-state index contributed by atoms with van der Waals surface area (Å²) in [6.07, 6.45) is -5.16. The molecule has 0 spiro atoms. The molecule has 0 radical (unpaired) electrons. The van der Waals surface area contributed by atoms with E-state index in [1.165, 1.54) is 30.3 Å². The number of nitriles is 1. The van der Waals surface area contributed by atoms with Crippen molar-refractivity contribution in [2.45, 2.75) is 18.6 Å². The van der Waals surface area contributed by atoms with E-state index in [-0.39, 0.29) is 11.3 Å². The van der Waals surface area contributed by atoms with Crippen LogP contribution in [0.3, 0.4) is 0 Å². The van der Waals surface area contributed by atoms with Gasteiger partial charge in [-0.2, -0.15) is 18.4 Å². The van der Waals surface area contributed by atoms with Gasteiger partial charge in [-0.1, -0.05) is 18.2 Å². The molecule has 0 saturated carbocycles. The lowest BCUT2D eigenvalue weighted by Gasteiger charge is -2.32. The molecular formula is C14H10F3N3O2. The third kappa shape index (κ3) is 2.24. The summed E-state index contributed by atoms with van der Waals surface area (Å²) in [4.78, 5) is 27.1. The lowest BCUT2D eigenvalue weighted by atomic mass is 9.83. The van der Waals surface area contributed by atoms with Crippen LogP contribution in [0.15, 0.2) is 35.3 Å². The number of rotatable bonds is 2. The first-order chi connectivity index (χ1) is 10.2. The summed E-state index contributed by atoms with van der Waals surface area (Å²) >= 11 is 0. The SMILES string of the molecule is CC1=NC(=O)C(NC(=O)c2ccccc2)(C(F)(F)F)C1C#N. The highest BCUT2D eigenvalue weighted by molar-refractivity contribution is 6.13. The quantitative estimate of drug-likeness (QED) is 0.905. The molecular weight excluding hydrogens is 299 g/mol. The maximum Gasteiger partial charge on any atom is 0.422 e. The molecule has 2 unspecified atom stereocenters. The van der Waals surface area contributed by atoms with Gasteiger partial charge in [-0.3, -0.25) is 9.59 Å². The van der Waals surface area contributed by atoms with E-state index >= 15 is 0 Å². The minimum absolute atomic E-state index is 0.0554. The number of amides is 2. The second-order valence-corrected chi connectivity index (χ2v) is 4.75. The number of carbonyl (C=O) groups excluding carboxylic acids is 2. The van der Waals surface area contributed by atoms with Crippen molar-refractivity contribution in [1.29, 1.82) is 5.26 Å². The summed E-state index contributed by atoms with van der Waals surface area (Å²) in [5.74, 6) is -4.59.